The van der Waals surface area contributed by atoms with Crippen LogP contribution >= 0.6 is 0 Å². The topological polar surface area (TPSA) is 64.1 Å². The number of phenols is 1. The molecule has 0 aliphatic heterocycles. The van der Waals surface area contributed by atoms with Gasteiger partial charge in [-0.2, -0.15) is 0 Å². The summed E-state index contributed by atoms with van der Waals surface area (Å²) in [5, 5.41) is 13.8. The Balaban J connectivity index is 2.07. The molecule has 0 bridgehead atoms. The van der Waals surface area contributed by atoms with E-state index in [-0.39, 0.29) is 5.75 Å². The van der Waals surface area contributed by atoms with E-state index in [4.69, 9.17) is 9.51 Å². The third-order valence-corrected chi connectivity index (χ3v) is 4.16. The zero-order chi connectivity index (χ0) is 16.7. The van der Waals surface area contributed by atoms with E-state index in [1.54, 1.807) is 12.1 Å². The first kappa shape index (κ1) is 14.5. The van der Waals surface area contributed by atoms with Crippen LogP contribution in [0.1, 0.15) is 18.4 Å². The maximum absolute atomic E-state index is 9.60. The van der Waals surface area contributed by atoms with Gasteiger partial charge in [-0.3, -0.25) is 4.57 Å². The van der Waals surface area contributed by atoms with Gasteiger partial charge in [-0.05, 0) is 49.7 Å². The summed E-state index contributed by atoms with van der Waals surface area (Å²) < 4.78 is 7.48. The van der Waals surface area contributed by atoms with Crippen molar-refractivity contribution in [1.29, 1.82) is 0 Å². The first-order valence-corrected chi connectivity index (χ1v) is 7.91. The highest BCUT2D eigenvalue weighted by atomic mass is 16.5. The fourth-order valence-electron chi connectivity index (χ4n) is 3.00. The number of para-hydroxylation sites is 2. The van der Waals surface area contributed by atoms with E-state index < -0.39 is 0 Å². The number of phenolic OH excluding ortho intramolecular Hbond substituents is 1. The molecule has 0 radical (unpaired) electrons. The number of aromatic nitrogens is 3. The maximum atomic E-state index is 9.60. The van der Waals surface area contributed by atoms with Gasteiger partial charge in [-0.1, -0.05) is 24.2 Å². The van der Waals surface area contributed by atoms with Gasteiger partial charge in [0.15, 0.2) is 5.82 Å². The van der Waals surface area contributed by atoms with Gasteiger partial charge in [0.2, 0.25) is 0 Å². The molecular formula is C19H17N3O2. The number of rotatable bonds is 3. The van der Waals surface area contributed by atoms with Crippen molar-refractivity contribution in [3.8, 4) is 22.8 Å². The highest BCUT2D eigenvalue weighted by Crippen LogP contribution is 2.33. The Bertz CT molecular complexity index is 1010. The van der Waals surface area contributed by atoms with Crippen LogP contribution in [0.4, 0.5) is 0 Å². The molecule has 0 aliphatic rings. The average Bonchev–Trinajstić information content (AvgIpc) is 3.15. The molecule has 120 valence electrons. The maximum Gasteiger partial charge on any atom is 0.151 e. The van der Waals surface area contributed by atoms with Gasteiger partial charge < -0.3 is 9.63 Å². The quantitative estimate of drug-likeness (QED) is 0.613. The molecule has 0 atom stereocenters. The Kier molecular flexibility index (Phi) is 3.34. The van der Waals surface area contributed by atoms with Gasteiger partial charge in [0, 0.05) is 5.69 Å². The van der Waals surface area contributed by atoms with Crippen molar-refractivity contribution in [2.24, 2.45) is 0 Å². The van der Waals surface area contributed by atoms with Crippen molar-refractivity contribution in [3.63, 3.8) is 0 Å². The lowest BCUT2D eigenvalue weighted by atomic mass is 10.1. The molecule has 0 aliphatic carbocycles. The normalized spacial score (nSPS) is 11.2. The Morgan fingerprint density at radius 2 is 1.83 bits per heavy atom. The third kappa shape index (κ3) is 2.17. The van der Waals surface area contributed by atoms with Crippen molar-refractivity contribution in [2.45, 2.75) is 20.3 Å². The molecule has 4 rings (SSSR count). The zero-order valence-electron chi connectivity index (χ0n) is 13.5. The largest absolute Gasteiger partial charge is 0.508 e. The lowest BCUT2D eigenvalue weighted by molar-refractivity contribution is 0.391. The number of hydrogen-bond acceptors (Lipinski definition) is 4. The summed E-state index contributed by atoms with van der Waals surface area (Å²) in [6, 6.07) is 15.1. The lowest BCUT2D eigenvalue weighted by Crippen LogP contribution is -1.99. The van der Waals surface area contributed by atoms with Gasteiger partial charge >= 0.3 is 0 Å². The van der Waals surface area contributed by atoms with Crippen LogP contribution in [0, 0.1) is 6.92 Å². The standard InChI is InChI=1S/C19H17N3O2/c1-3-15-18(12(2)24-21-15)19-20-16-6-4-5-7-17(16)22(19)13-8-10-14(23)11-9-13/h4-11,23H,3H2,1-2H3. The number of hydrogen-bond donors (Lipinski definition) is 1. The molecule has 0 saturated carbocycles. The van der Waals surface area contributed by atoms with Crippen LogP contribution in [0.15, 0.2) is 53.1 Å². The monoisotopic (exact) mass is 319 g/mol. The van der Waals surface area contributed by atoms with Crippen LogP contribution in [0.5, 0.6) is 5.75 Å². The van der Waals surface area contributed by atoms with Crippen LogP contribution in [-0.4, -0.2) is 19.8 Å². The molecule has 0 unspecified atom stereocenters. The van der Waals surface area contributed by atoms with E-state index in [0.717, 1.165) is 46.0 Å². The number of fused-ring (bicyclic) bond motifs is 1. The minimum absolute atomic E-state index is 0.236. The summed E-state index contributed by atoms with van der Waals surface area (Å²) in [6.45, 7) is 3.95. The fourth-order valence-corrected chi connectivity index (χ4v) is 3.00. The number of aryl methyl sites for hydroxylation is 2. The van der Waals surface area contributed by atoms with Crippen LogP contribution in [-0.2, 0) is 6.42 Å². The molecule has 0 saturated heterocycles. The van der Waals surface area contributed by atoms with Crippen molar-refractivity contribution in [1.82, 2.24) is 14.7 Å². The predicted octanol–water partition coefficient (Wildman–Crippen LogP) is 4.26. The number of benzene rings is 2. The van der Waals surface area contributed by atoms with E-state index in [1.165, 1.54) is 0 Å². The molecule has 0 spiro atoms. The molecule has 5 heteroatoms. The van der Waals surface area contributed by atoms with Crippen molar-refractivity contribution in [2.75, 3.05) is 0 Å². The van der Waals surface area contributed by atoms with Gasteiger partial charge in [-0.15, -0.1) is 0 Å². The minimum Gasteiger partial charge on any atom is -0.508 e. The third-order valence-electron chi connectivity index (χ3n) is 4.16. The molecule has 2 aromatic carbocycles. The van der Waals surface area contributed by atoms with Crippen LogP contribution in [0.3, 0.4) is 0 Å². The smallest absolute Gasteiger partial charge is 0.151 e. The van der Waals surface area contributed by atoms with Crippen molar-refractivity contribution in [3.05, 3.63) is 60.0 Å². The summed E-state index contributed by atoms with van der Waals surface area (Å²) in [6.07, 6.45) is 0.769. The van der Waals surface area contributed by atoms with Crippen LogP contribution < -0.4 is 0 Å². The highest BCUT2D eigenvalue weighted by molar-refractivity contribution is 5.84. The molecular weight excluding hydrogens is 302 g/mol. The van der Waals surface area contributed by atoms with E-state index in [2.05, 4.69) is 9.72 Å². The second-order valence-corrected chi connectivity index (χ2v) is 5.69. The van der Waals surface area contributed by atoms with E-state index in [9.17, 15) is 5.11 Å². The molecule has 24 heavy (non-hydrogen) atoms. The summed E-state index contributed by atoms with van der Waals surface area (Å²) in [7, 11) is 0. The van der Waals surface area contributed by atoms with Crippen molar-refractivity contribution >= 4 is 11.0 Å². The second-order valence-electron chi connectivity index (χ2n) is 5.69. The molecule has 2 heterocycles. The first-order valence-electron chi connectivity index (χ1n) is 7.91. The van der Waals surface area contributed by atoms with Crippen molar-refractivity contribution < 1.29 is 9.63 Å². The molecule has 1 N–H and O–H groups in total. The molecule has 4 aromatic rings. The second kappa shape index (κ2) is 5.53. The summed E-state index contributed by atoms with van der Waals surface area (Å²) in [5.74, 6) is 1.79. The Labute approximate surface area is 139 Å². The minimum atomic E-state index is 0.236. The molecule has 5 nitrogen and oxygen atoms in total. The van der Waals surface area contributed by atoms with E-state index in [1.807, 2.05) is 50.2 Å². The van der Waals surface area contributed by atoms with Crippen LogP contribution in [0.2, 0.25) is 0 Å². The summed E-state index contributed by atoms with van der Waals surface area (Å²) in [5.41, 5.74) is 4.66. The molecule has 0 amide bonds. The zero-order valence-corrected chi connectivity index (χ0v) is 13.5. The number of nitrogens with zero attached hydrogens (tertiary/aromatic N) is 3. The average molecular weight is 319 g/mol. The summed E-state index contributed by atoms with van der Waals surface area (Å²) >= 11 is 0. The van der Waals surface area contributed by atoms with Gasteiger partial charge in [0.25, 0.3) is 0 Å². The fraction of sp³-hybridized carbons (Fsp3) is 0.158. The van der Waals surface area contributed by atoms with Gasteiger partial charge in [0.1, 0.15) is 11.5 Å². The molecule has 0 fully saturated rings. The Morgan fingerprint density at radius 1 is 1.08 bits per heavy atom. The first-order chi connectivity index (χ1) is 11.7. The van der Waals surface area contributed by atoms with E-state index in [0.29, 0.717) is 0 Å². The summed E-state index contributed by atoms with van der Waals surface area (Å²) in [4.78, 5) is 4.82. The SMILES string of the molecule is CCc1noc(C)c1-c1nc2ccccc2n1-c1ccc(O)cc1. The van der Waals surface area contributed by atoms with Gasteiger partial charge in [-0.25, -0.2) is 4.98 Å². The number of aromatic hydroxyl groups is 1. The number of imidazole rings is 1. The Morgan fingerprint density at radius 3 is 2.58 bits per heavy atom. The van der Waals surface area contributed by atoms with Gasteiger partial charge in [0.05, 0.1) is 22.3 Å². The molecule has 2 aromatic heterocycles. The Hall–Kier alpha value is -3.08. The van der Waals surface area contributed by atoms with E-state index >= 15 is 0 Å². The van der Waals surface area contributed by atoms with Crippen LogP contribution in [0.25, 0.3) is 28.1 Å². The lowest BCUT2D eigenvalue weighted by Gasteiger charge is -2.09. The predicted molar refractivity (Wildman–Crippen MR) is 92.3 cm³/mol. The highest BCUT2D eigenvalue weighted by Gasteiger charge is 2.21.